The second-order valence-electron chi connectivity index (χ2n) is 7.06. The zero-order valence-corrected chi connectivity index (χ0v) is 14.2. The number of rotatable bonds is 4. The van der Waals surface area contributed by atoms with Crippen LogP contribution < -0.4 is 10.6 Å². The van der Waals surface area contributed by atoms with Crippen molar-refractivity contribution in [3.05, 3.63) is 30.3 Å². The van der Waals surface area contributed by atoms with Crippen LogP contribution in [0, 0.1) is 11.8 Å². The molecular weight excluding hydrogens is 286 g/mol. The number of nitrogens with zero attached hydrogens (tertiary/aromatic N) is 2. The Morgan fingerprint density at radius 3 is 2.74 bits per heavy atom. The summed E-state index contributed by atoms with van der Waals surface area (Å²) in [4.78, 5) is 17.3. The molecule has 0 bridgehead atoms. The monoisotopic (exact) mass is 315 g/mol. The lowest BCUT2D eigenvalue weighted by Gasteiger charge is -2.40. The molecule has 1 heterocycles. The Morgan fingerprint density at radius 1 is 1.22 bits per heavy atom. The van der Waals surface area contributed by atoms with Crippen molar-refractivity contribution < 1.29 is 4.79 Å². The van der Waals surface area contributed by atoms with Crippen LogP contribution in [0.1, 0.15) is 32.1 Å². The molecule has 1 aliphatic carbocycles. The highest BCUT2D eigenvalue weighted by atomic mass is 16.2. The van der Waals surface area contributed by atoms with Gasteiger partial charge in [-0.15, -0.1) is 0 Å². The van der Waals surface area contributed by atoms with Crippen molar-refractivity contribution in [2.24, 2.45) is 17.6 Å². The van der Waals surface area contributed by atoms with E-state index < -0.39 is 0 Å². The molecule has 0 spiro atoms. The van der Waals surface area contributed by atoms with Crippen molar-refractivity contribution in [1.82, 2.24) is 4.90 Å². The summed E-state index contributed by atoms with van der Waals surface area (Å²) in [7, 11) is 1.99. The van der Waals surface area contributed by atoms with Gasteiger partial charge in [0.1, 0.15) is 0 Å². The van der Waals surface area contributed by atoms with E-state index in [0.29, 0.717) is 24.4 Å². The third kappa shape index (κ3) is 3.52. The molecule has 2 fully saturated rings. The van der Waals surface area contributed by atoms with Gasteiger partial charge >= 0.3 is 0 Å². The Kier molecular flexibility index (Phi) is 5.21. The molecule has 1 aromatic rings. The molecule has 3 rings (SSSR count). The first kappa shape index (κ1) is 16.3. The maximum atomic E-state index is 12.9. The van der Waals surface area contributed by atoms with Gasteiger partial charge in [-0.25, -0.2) is 0 Å². The van der Waals surface area contributed by atoms with E-state index >= 15 is 0 Å². The zero-order valence-electron chi connectivity index (χ0n) is 14.2. The molecule has 4 nitrogen and oxygen atoms in total. The van der Waals surface area contributed by atoms with Crippen molar-refractivity contribution in [3.8, 4) is 0 Å². The number of piperidine rings is 1. The number of amides is 1. The van der Waals surface area contributed by atoms with Crippen LogP contribution in [-0.2, 0) is 4.79 Å². The molecule has 4 heteroatoms. The lowest BCUT2D eigenvalue weighted by molar-refractivity contribution is -0.137. The number of hydrogen-bond acceptors (Lipinski definition) is 3. The molecule has 1 aromatic carbocycles. The molecule has 2 aliphatic rings. The van der Waals surface area contributed by atoms with Gasteiger partial charge in [-0.2, -0.15) is 0 Å². The predicted octanol–water partition coefficient (Wildman–Crippen LogP) is 2.49. The fraction of sp³-hybridized carbons (Fsp3) is 0.632. The van der Waals surface area contributed by atoms with E-state index in [1.54, 1.807) is 0 Å². The molecule has 0 aromatic heterocycles. The van der Waals surface area contributed by atoms with E-state index in [1.165, 1.54) is 5.69 Å². The van der Waals surface area contributed by atoms with Gasteiger partial charge in [0.2, 0.25) is 5.91 Å². The van der Waals surface area contributed by atoms with Gasteiger partial charge in [0, 0.05) is 37.8 Å². The van der Waals surface area contributed by atoms with Crippen molar-refractivity contribution in [1.29, 1.82) is 0 Å². The van der Waals surface area contributed by atoms with Crippen LogP contribution in [-0.4, -0.2) is 43.5 Å². The maximum absolute atomic E-state index is 12.9. The normalized spacial score (nSPS) is 27.9. The molecule has 1 saturated heterocycles. The summed E-state index contributed by atoms with van der Waals surface area (Å²) in [6.45, 7) is 2.66. The predicted molar refractivity (Wildman–Crippen MR) is 94.3 cm³/mol. The van der Waals surface area contributed by atoms with Crippen LogP contribution in [0.25, 0.3) is 0 Å². The minimum absolute atomic E-state index is 0.150. The highest BCUT2D eigenvalue weighted by molar-refractivity contribution is 5.79. The van der Waals surface area contributed by atoms with Crippen LogP contribution in [0.3, 0.4) is 0 Å². The average Bonchev–Trinajstić information content (AvgIpc) is 3.10. The minimum Gasteiger partial charge on any atom is -0.369 e. The Balaban J connectivity index is 1.65. The number of nitrogens with two attached hydrogens (primary N) is 1. The lowest BCUT2D eigenvalue weighted by atomic mass is 9.93. The molecule has 0 radical (unpaired) electrons. The number of likely N-dealkylation sites (N-methyl/N-ethyl adjacent to an activating group) is 1. The van der Waals surface area contributed by atoms with E-state index in [0.717, 1.165) is 45.2 Å². The first-order chi connectivity index (χ1) is 11.2. The second-order valence-corrected chi connectivity index (χ2v) is 7.06. The first-order valence-electron chi connectivity index (χ1n) is 8.97. The van der Waals surface area contributed by atoms with Crippen LogP contribution in [0.5, 0.6) is 0 Å². The Morgan fingerprint density at radius 2 is 2.00 bits per heavy atom. The molecular formula is C19H29N3O. The SMILES string of the molecule is CN(C(=O)[C@@H]1CCC[C@@H]1CN)C1CCCN(c2ccccc2)C1. The molecule has 1 amide bonds. The Bertz CT molecular complexity index is 519. The van der Waals surface area contributed by atoms with Gasteiger partial charge in [-0.3, -0.25) is 4.79 Å². The van der Waals surface area contributed by atoms with Gasteiger partial charge in [-0.1, -0.05) is 24.6 Å². The summed E-state index contributed by atoms with van der Waals surface area (Å²) in [5.41, 5.74) is 7.12. The number of anilines is 1. The number of carbonyl (C=O) groups excluding carboxylic acids is 1. The summed E-state index contributed by atoms with van der Waals surface area (Å²) in [5.74, 6) is 0.855. The quantitative estimate of drug-likeness (QED) is 0.929. The molecule has 23 heavy (non-hydrogen) atoms. The second kappa shape index (κ2) is 7.35. The third-order valence-electron chi connectivity index (χ3n) is 5.69. The number of benzene rings is 1. The highest BCUT2D eigenvalue weighted by Gasteiger charge is 2.36. The van der Waals surface area contributed by atoms with Gasteiger partial charge < -0.3 is 15.5 Å². The minimum atomic E-state index is 0.150. The Labute approximate surface area is 139 Å². The standard InChI is InChI=1S/C19H29N3O/c1-21(19(23)18-11-5-7-15(18)13-20)17-10-6-12-22(14-17)16-8-3-2-4-9-16/h2-4,8-9,15,17-18H,5-7,10-14,20H2,1H3/t15-,17?,18-/m1/s1. The average molecular weight is 315 g/mol. The van der Waals surface area contributed by atoms with E-state index in [4.69, 9.17) is 5.73 Å². The molecule has 1 unspecified atom stereocenters. The summed E-state index contributed by atoms with van der Waals surface area (Å²) >= 11 is 0. The third-order valence-corrected chi connectivity index (χ3v) is 5.69. The summed E-state index contributed by atoms with van der Waals surface area (Å²) in [5, 5.41) is 0. The topological polar surface area (TPSA) is 49.6 Å². The van der Waals surface area contributed by atoms with Gasteiger partial charge in [-0.05, 0) is 50.3 Å². The Hall–Kier alpha value is -1.55. The van der Waals surface area contributed by atoms with E-state index in [1.807, 2.05) is 18.0 Å². The summed E-state index contributed by atoms with van der Waals surface area (Å²) < 4.78 is 0. The molecule has 1 saturated carbocycles. The van der Waals surface area contributed by atoms with Crippen LogP contribution in [0.2, 0.25) is 0 Å². The first-order valence-corrected chi connectivity index (χ1v) is 8.97. The van der Waals surface area contributed by atoms with Crippen molar-refractivity contribution in [2.45, 2.75) is 38.1 Å². The zero-order chi connectivity index (χ0) is 16.2. The molecule has 126 valence electrons. The van der Waals surface area contributed by atoms with Crippen LogP contribution >= 0.6 is 0 Å². The van der Waals surface area contributed by atoms with Crippen LogP contribution in [0.4, 0.5) is 5.69 Å². The van der Waals surface area contributed by atoms with Gasteiger partial charge in [0.15, 0.2) is 0 Å². The van der Waals surface area contributed by atoms with Crippen molar-refractivity contribution in [3.63, 3.8) is 0 Å². The van der Waals surface area contributed by atoms with E-state index in [-0.39, 0.29) is 5.92 Å². The summed E-state index contributed by atoms with van der Waals surface area (Å²) in [6, 6.07) is 10.8. The van der Waals surface area contributed by atoms with E-state index in [2.05, 4.69) is 29.2 Å². The molecule has 2 N–H and O–H groups in total. The van der Waals surface area contributed by atoms with Crippen molar-refractivity contribution in [2.75, 3.05) is 31.6 Å². The van der Waals surface area contributed by atoms with Crippen molar-refractivity contribution >= 4 is 11.6 Å². The smallest absolute Gasteiger partial charge is 0.226 e. The van der Waals surface area contributed by atoms with E-state index in [9.17, 15) is 4.79 Å². The van der Waals surface area contributed by atoms with Gasteiger partial charge in [0.05, 0.1) is 0 Å². The van der Waals surface area contributed by atoms with Crippen LogP contribution in [0.15, 0.2) is 30.3 Å². The molecule has 3 atom stereocenters. The number of carbonyl (C=O) groups is 1. The lowest BCUT2D eigenvalue weighted by Crippen LogP contribution is -2.50. The number of para-hydroxylation sites is 1. The number of hydrogen-bond donors (Lipinski definition) is 1. The van der Waals surface area contributed by atoms with Gasteiger partial charge in [0.25, 0.3) is 0 Å². The fourth-order valence-corrected chi connectivity index (χ4v) is 4.23. The maximum Gasteiger partial charge on any atom is 0.226 e. The fourth-order valence-electron chi connectivity index (χ4n) is 4.23. The molecule has 1 aliphatic heterocycles. The highest BCUT2D eigenvalue weighted by Crippen LogP contribution is 2.33. The largest absolute Gasteiger partial charge is 0.369 e. The summed E-state index contributed by atoms with van der Waals surface area (Å²) in [6.07, 6.45) is 5.52.